The van der Waals surface area contributed by atoms with Crippen LogP contribution >= 0.6 is 22.9 Å². The first-order valence-electron chi connectivity index (χ1n) is 8.90. The number of thiophene rings is 1. The zero-order valence-corrected chi connectivity index (χ0v) is 18.4. The van der Waals surface area contributed by atoms with Crippen LogP contribution in [0.3, 0.4) is 0 Å². The fourth-order valence-electron chi connectivity index (χ4n) is 3.03. The van der Waals surface area contributed by atoms with Gasteiger partial charge < -0.3 is 9.64 Å². The largest absolute Gasteiger partial charge is 0.478 e. The molecule has 1 fully saturated rings. The van der Waals surface area contributed by atoms with Gasteiger partial charge in [-0.1, -0.05) is 11.6 Å². The number of aryl methyl sites for hydroxylation is 1. The first kappa shape index (κ1) is 21.1. The smallest absolute Gasteiger partial charge is 0.266 e. The second kappa shape index (κ2) is 8.02. The van der Waals surface area contributed by atoms with Gasteiger partial charge in [-0.05, 0) is 57.2 Å². The molecule has 0 spiro atoms. The Balaban J connectivity index is 1.63. The first-order valence-corrected chi connectivity index (χ1v) is 11.5. The number of piperazine rings is 1. The van der Waals surface area contributed by atoms with Crippen LogP contribution in [-0.2, 0) is 14.8 Å². The van der Waals surface area contributed by atoms with Crippen LogP contribution < -0.4 is 4.74 Å². The van der Waals surface area contributed by atoms with Gasteiger partial charge in [0.05, 0.1) is 0 Å². The number of halogens is 1. The number of ether oxygens (including phenoxy) is 1. The predicted molar refractivity (Wildman–Crippen MR) is 111 cm³/mol. The van der Waals surface area contributed by atoms with E-state index in [9.17, 15) is 13.2 Å². The molecule has 3 rings (SSSR count). The third-order valence-corrected chi connectivity index (χ3v) is 8.16. The number of hydrogen-bond donors (Lipinski definition) is 0. The second-order valence-electron chi connectivity index (χ2n) is 7.13. The molecule has 2 heterocycles. The first-order chi connectivity index (χ1) is 13.1. The zero-order valence-electron chi connectivity index (χ0n) is 16.0. The zero-order chi connectivity index (χ0) is 20.5. The summed E-state index contributed by atoms with van der Waals surface area (Å²) in [6, 6.07) is 10.3. The van der Waals surface area contributed by atoms with Gasteiger partial charge >= 0.3 is 0 Å². The number of hydrogen-bond acceptors (Lipinski definition) is 5. The minimum atomic E-state index is -3.51. The highest BCUT2D eigenvalue weighted by molar-refractivity contribution is 7.91. The number of amides is 1. The summed E-state index contributed by atoms with van der Waals surface area (Å²) in [5.74, 6) is 0.378. The Hall–Kier alpha value is -1.61. The van der Waals surface area contributed by atoms with Gasteiger partial charge in [-0.3, -0.25) is 4.79 Å². The summed E-state index contributed by atoms with van der Waals surface area (Å²) < 4.78 is 33.1. The average molecular weight is 443 g/mol. The summed E-state index contributed by atoms with van der Waals surface area (Å²) in [6.45, 7) is 6.49. The Kier molecular flexibility index (Phi) is 6.05. The number of sulfonamides is 1. The van der Waals surface area contributed by atoms with E-state index in [0.29, 0.717) is 28.1 Å². The van der Waals surface area contributed by atoms with E-state index in [-0.39, 0.29) is 19.0 Å². The molecule has 1 saturated heterocycles. The van der Waals surface area contributed by atoms with Gasteiger partial charge in [-0.15, -0.1) is 11.3 Å². The molecule has 0 N–H and O–H groups in total. The van der Waals surface area contributed by atoms with E-state index in [1.807, 2.05) is 6.92 Å². The van der Waals surface area contributed by atoms with Crippen molar-refractivity contribution in [1.82, 2.24) is 9.21 Å². The Morgan fingerprint density at radius 1 is 1.07 bits per heavy atom. The topological polar surface area (TPSA) is 66.9 Å². The summed E-state index contributed by atoms with van der Waals surface area (Å²) in [7, 11) is -3.51. The van der Waals surface area contributed by atoms with Crippen LogP contribution in [0.15, 0.2) is 40.6 Å². The standard InChI is InChI=1S/C19H23ClN2O4S2/c1-14-4-9-17(27-14)28(24,25)22-12-10-21(11-13-22)18(23)19(2,3)26-16-7-5-15(20)6-8-16/h4-9H,10-13H2,1-3H3. The monoisotopic (exact) mass is 442 g/mol. The van der Waals surface area contributed by atoms with Crippen LogP contribution in [0, 0.1) is 6.92 Å². The molecule has 9 heteroatoms. The molecular weight excluding hydrogens is 420 g/mol. The van der Waals surface area contributed by atoms with Crippen LogP contribution in [0.2, 0.25) is 5.02 Å². The van der Waals surface area contributed by atoms with E-state index < -0.39 is 15.6 Å². The van der Waals surface area contributed by atoms with E-state index in [0.717, 1.165) is 4.88 Å². The number of carbonyl (C=O) groups is 1. The van der Waals surface area contributed by atoms with Gasteiger partial charge in [0, 0.05) is 36.1 Å². The summed E-state index contributed by atoms with van der Waals surface area (Å²) in [5.41, 5.74) is -1.07. The second-order valence-corrected chi connectivity index (χ2v) is 11.0. The van der Waals surface area contributed by atoms with E-state index in [2.05, 4.69) is 0 Å². The van der Waals surface area contributed by atoms with Crippen molar-refractivity contribution < 1.29 is 17.9 Å². The van der Waals surface area contributed by atoms with Crippen molar-refractivity contribution >= 4 is 38.9 Å². The Labute approximate surface area is 174 Å². The molecule has 0 saturated carbocycles. The molecule has 0 aliphatic carbocycles. The molecule has 152 valence electrons. The lowest BCUT2D eigenvalue weighted by Gasteiger charge is -2.37. The highest BCUT2D eigenvalue weighted by Gasteiger charge is 2.38. The summed E-state index contributed by atoms with van der Waals surface area (Å²) in [6.07, 6.45) is 0. The molecule has 1 aliphatic heterocycles. The highest BCUT2D eigenvalue weighted by Crippen LogP contribution is 2.26. The van der Waals surface area contributed by atoms with Gasteiger partial charge in [-0.2, -0.15) is 4.31 Å². The number of nitrogens with zero attached hydrogens (tertiary/aromatic N) is 2. The van der Waals surface area contributed by atoms with Crippen LogP contribution in [0.5, 0.6) is 5.75 Å². The molecular formula is C19H23ClN2O4S2. The normalized spacial score (nSPS) is 16.2. The van der Waals surface area contributed by atoms with Crippen molar-refractivity contribution in [3.8, 4) is 5.75 Å². The summed E-state index contributed by atoms with van der Waals surface area (Å²) in [5, 5.41) is 0.592. The lowest BCUT2D eigenvalue weighted by Crippen LogP contribution is -2.56. The summed E-state index contributed by atoms with van der Waals surface area (Å²) >= 11 is 7.14. The number of benzene rings is 1. The third-order valence-electron chi connectivity index (χ3n) is 4.54. The SMILES string of the molecule is Cc1ccc(S(=O)(=O)N2CCN(C(=O)C(C)(C)Oc3ccc(Cl)cc3)CC2)s1. The maximum absolute atomic E-state index is 12.9. The van der Waals surface area contributed by atoms with Crippen molar-refractivity contribution in [2.45, 2.75) is 30.6 Å². The Morgan fingerprint density at radius 3 is 2.21 bits per heavy atom. The molecule has 1 amide bonds. The molecule has 1 aliphatic rings. The minimum absolute atomic E-state index is 0.175. The molecule has 2 aromatic rings. The molecule has 1 aromatic heterocycles. The quantitative estimate of drug-likeness (QED) is 0.711. The predicted octanol–water partition coefficient (Wildman–Crippen LogP) is 3.40. The van der Waals surface area contributed by atoms with Crippen LogP contribution in [0.1, 0.15) is 18.7 Å². The number of rotatable bonds is 5. The van der Waals surface area contributed by atoms with Crippen LogP contribution in [0.4, 0.5) is 0 Å². The van der Waals surface area contributed by atoms with Crippen molar-refractivity contribution in [2.24, 2.45) is 0 Å². The van der Waals surface area contributed by atoms with E-state index in [1.165, 1.54) is 15.6 Å². The van der Waals surface area contributed by atoms with Gasteiger partial charge in [-0.25, -0.2) is 8.42 Å². The fraction of sp³-hybridized carbons (Fsp3) is 0.421. The molecule has 0 unspecified atom stereocenters. The molecule has 0 radical (unpaired) electrons. The summed E-state index contributed by atoms with van der Waals surface area (Å²) in [4.78, 5) is 15.5. The maximum Gasteiger partial charge on any atom is 0.266 e. The molecule has 1 aromatic carbocycles. The van der Waals surface area contributed by atoms with Gasteiger partial charge in [0.15, 0.2) is 5.60 Å². The van der Waals surface area contributed by atoms with Crippen molar-refractivity contribution in [1.29, 1.82) is 0 Å². The van der Waals surface area contributed by atoms with E-state index in [1.54, 1.807) is 55.1 Å². The Morgan fingerprint density at radius 2 is 1.68 bits per heavy atom. The fourth-order valence-corrected chi connectivity index (χ4v) is 6.02. The lowest BCUT2D eigenvalue weighted by atomic mass is 10.1. The van der Waals surface area contributed by atoms with Crippen molar-refractivity contribution in [2.75, 3.05) is 26.2 Å². The lowest BCUT2D eigenvalue weighted by molar-refractivity contribution is -0.146. The molecule has 0 atom stereocenters. The third kappa shape index (κ3) is 4.51. The molecule has 28 heavy (non-hydrogen) atoms. The van der Waals surface area contributed by atoms with E-state index in [4.69, 9.17) is 16.3 Å². The maximum atomic E-state index is 12.9. The van der Waals surface area contributed by atoms with Crippen molar-refractivity contribution in [3.63, 3.8) is 0 Å². The van der Waals surface area contributed by atoms with Crippen LogP contribution in [0.25, 0.3) is 0 Å². The van der Waals surface area contributed by atoms with Crippen LogP contribution in [-0.4, -0.2) is 55.3 Å². The minimum Gasteiger partial charge on any atom is -0.478 e. The van der Waals surface area contributed by atoms with Gasteiger partial charge in [0.1, 0.15) is 9.96 Å². The molecule has 6 nitrogen and oxygen atoms in total. The molecule has 0 bridgehead atoms. The van der Waals surface area contributed by atoms with E-state index >= 15 is 0 Å². The van der Waals surface area contributed by atoms with Gasteiger partial charge in [0.2, 0.25) is 0 Å². The Bertz CT molecular complexity index is 947. The van der Waals surface area contributed by atoms with Crippen molar-refractivity contribution in [3.05, 3.63) is 46.3 Å². The highest BCUT2D eigenvalue weighted by atomic mass is 35.5. The average Bonchev–Trinajstić information content (AvgIpc) is 3.10. The number of carbonyl (C=O) groups excluding carboxylic acids is 1. The van der Waals surface area contributed by atoms with Gasteiger partial charge in [0.25, 0.3) is 15.9 Å².